The van der Waals surface area contributed by atoms with Gasteiger partial charge in [0.2, 0.25) is 5.91 Å². The van der Waals surface area contributed by atoms with Crippen molar-refractivity contribution in [1.29, 1.82) is 0 Å². The molecule has 1 atom stereocenters. The summed E-state index contributed by atoms with van der Waals surface area (Å²) in [6, 6.07) is 9.31. The van der Waals surface area contributed by atoms with Gasteiger partial charge >= 0.3 is 6.03 Å². The number of hydrogen-bond donors (Lipinski definition) is 1. The van der Waals surface area contributed by atoms with E-state index in [0.717, 1.165) is 18.5 Å². The molecule has 4 rings (SSSR count). The summed E-state index contributed by atoms with van der Waals surface area (Å²) in [4.78, 5) is 29.8. The van der Waals surface area contributed by atoms with Crippen LogP contribution in [-0.2, 0) is 14.3 Å². The van der Waals surface area contributed by atoms with E-state index in [4.69, 9.17) is 9.47 Å². The molecule has 146 valence electrons. The molecule has 1 aromatic carbocycles. The van der Waals surface area contributed by atoms with Crippen LogP contribution in [0, 0.1) is 11.3 Å². The van der Waals surface area contributed by atoms with Crippen molar-refractivity contribution in [2.75, 3.05) is 57.9 Å². The molecular formula is C20H27N3O4. The van der Waals surface area contributed by atoms with Gasteiger partial charge in [-0.2, -0.15) is 0 Å². The van der Waals surface area contributed by atoms with E-state index in [1.54, 1.807) is 4.90 Å². The van der Waals surface area contributed by atoms with Gasteiger partial charge in [-0.05, 0) is 25.0 Å². The Morgan fingerprint density at radius 3 is 2.33 bits per heavy atom. The summed E-state index contributed by atoms with van der Waals surface area (Å²) >= 11 is 0. The summed E-state index contributed by atoms with van der Waals surface area (Å²) in [5.74, 6) is -0.00349. The highest BCUT2D eigenvalue weighted by atomic mass is 16.5. The van der Waals surface area contributed by atoms with E-state index in [-0.39, 0.29) is 23.3 Å². The van der Waals surface area contributed by atoms with E-state index >= 15 is 0 Å². The summed E-state index contributed by atoms with van der Waals surface area (Å²) in [5, 5.41) is 2.96. The second-order valence-corrected chi connectivity index (χ2v) is 7.64. The predicted molar refractivity (Wildman–Crippen MR) is 100 cm³/mol. The molecule has 3 amide bonds. The molecule has 3 aliphatic rings. The Kier molecular flexibility index (Phi) is 5.31. The van der Waals surface area contributed by atoms with Gasteiger partial charge in [0.15, 0.2) is 0 Å². The minimum absolute atomic E-state index is 0.135. The fourth-order valence-electron chi connectivity index (χ4n) is 4.48. The van der Waals surface area contributed by atoms with Crippen molar-refractivity contribution < 1.29 is 19.1 Å². The van der Waals surface area contributed by atoms with Crippen LogP contribution in [0.1, 0.15) is 12.8 Å². The van der Waals surface area contributed by atoms with Crippen LogP contribution in [-0.4, -0.2) is 74.3 Å². The van der Waals surface area contributed by atoms with Crippen LogP contribution >= 0.6 is 0 Å². The molecule has 3 heterocycles. The highest BCUT2D eigenvalue weighted by Gasteiger charge is 2.52. The van der Waals surface area contributed by atoms with Crippen LogP contribution in [0.5, 0.6) is 0 Å². The Labute approximate surface area is 159 Å². The van der Waals surface area contributed by atoms with Gasteiger partial charge < -0.3 is 24.6 Å². The van der Waals surface area contributed by atoms with Crippen molar-refractivity contribution in [2.45, 2.75) is 12.8 Å². The number of carbonyl (C=O) groups excluding carboxylic acids is 2. The number of para-hydroxylation sites is 1. The minimum atomic E-state index is -0.179. The first-order valence-corrected chi connectivity index (χ1v) is 9.73. The number of anilines is 1. The molecule has 1 aromatic rings. The van der Waals surface area contributed by atoms with Gasteiger partial charge in [-0.25, -0.2) is 4.79 Å². The summed E-state index contributed by atoms with van der Waals surface area (Å²) in [6.45, 7) is 4.84. The highest BCUT2D eigenvalue weighted by molar-refractivity contribution is 5.90. The number of likely N-dealkylation sites (tertiary alicyclic amines) is 1. The van der Waals surface area contributed by atoms with Crippen molar-refractivity contribution in [1.82, 2.24) is 9.80 Å². The minimum Gasteiger partial charge on any atom is -0.381 e. The third kappa shape index (κ3) is 3.80. The number of carbonyl (C=O) groups is 2. The first-order valence-electron chi connectivity index (χ1n) is 9.73. The van der Waals surface area contributed by atoms with E-state index in [1.165, 1.54) is 0 Å². The van der Waals surface area contributed by atoms with Gasteiger partial charge in [0.1, 0.15) is 0 Å². The first kappa shape index (κ1) is 18.3. The Bertz CT molecular complexity index is 669. The number of nitrogens with zero attached hydrogens (tertiary/aromatic N) is 2. The maximum Gasteiger partial charge on any atom is 0.321 e. The highest BCUT2D eigenvalue weighted by Crippen LogP contribution is 2.45. The maximum absolute atomic E-state index is 13.3. The number of nitrogens with one attached hydrogen (secondary N) is 1. The number of benzene rings is 1. The predicted octanol–water partition coefficient (Wildman–Crippen LogP) is 1.81. The standard InChI is InChI=1S/C20H27N3O4/c24-18(22-8-12-27-13-9-22)17-14-23(15-20(17)6-10-26-11-7-20)19(25)21-16-4-2-1-3-5-16/h1-5,17H,6-15H2,(H,21,25). The second-order valence-electron chi connectivity index (χ2n) is 7.64. The Hall–Kier alpha value is -2.12. The number of hydrogen-bond acceptors (Lipinski definition) is 4. The normalized spacial score (nSPS) is 24.8. The van der Waals surface area contributed by atoms with Gasteiger partial charge in [0.05, 0.1) is 19.1 Å². The fraction of sp³-hybridized carbons (Fsp3) is 0.600. The average molecular weight is 373 g/mol. The van der Waals surface area contributed by atoms with Gasteiger partial charge in [0.25, 0.3) is 0 Å². The largest absolute Gasteiger partial charge is 0.381 e. The second kappa shape index (κ2) is 7.86. The number of amides is 3. The van der Waals surface area contributed by atoms with Crippen molar-refractivity contribution in [3.05, 3.63) is 30.3 Å². The van der Waals surface area contributed by atoms with Crippen molar-refractivity contribution >= 4 is 17.6 Å². The smallest absolute Gasteiger partial charge is 0.321 e. The number of ether oxygens (including phenoxy) is 2. The first-order chi connectivity index (χ1) is 13.2. The van der Waals surface area contributed by atoms with Crippen molar-refractivity contribution in [3.8, 4) is 0 Å². The van der Waals surface area contributed by atoms with E-state index in [0.29, 0.717) is 52.6 Å². The van der Waals surface area contributed by atoms with Gasteiger partial charge in [-0.15, -0.1) is 0 Å². The van der Waals surface area contributed by atoms with Gasteiger partial charge in [0, 0.05) is 50.5 Å². The lowest BCUT2D eigenvalue weighted by Gasteiger charge is -2.39. The molecule has 7 nitrogen and oxygen atoms in total. The van der Waals surface area contributed by atoms with Crippen LogP contribution in [0.2, 0.25) is 0 Å². The summed E-state index contributed by atoms with van der Waals surface area (Å²) < 4.78 is 10.9. The third-order valence-electron chi connectivity index (χ3n) is 6.07. The molecule has 27 heavy (non-hydrogen) atoms. The number of rotatable bonds is 2. The quantitative estimate of drug-likeness (QED) is 0.858. The molecule has 0 radical (unpaired) electrons. The molecule has 0 bridgehead atoms. The molecule has 3 saturated heterocycles. The lowest BCUT2D eigenvalue weighted by Crippen LogP contribution is -2.49. The number of urea groups is 1. The third-order valence-corrected chi connectivity index (χ3v) is 6.07. The molecule has 0 saturated carbocycles. The van der Waals surface area contributed by atoms with Crippen LogP contribution < -0.4 is 5.32 Å². The lowest BCUT2D eigenvalue weighted by molar-refractivity contribution is -0.144. The molecule has 0 aliphatic carbocycles. The Morgan fingerprint density at radius 1 is 0.963 bits per heavy atom. The molecule has 3 fully saturated rings. The van der Waals surface area contributed by atoms with E-state index in [1.807, 2.05) is 35.2 Å². The van der Waals surface area contributed by atoms with Crippen molar-refractivity contribution in [2.24, 2.45) is 11.3 Å². The molecule has 1 N–H and O–H groups in total. The van der Waals surface area contributed by atoms with E-state index in [2.05, 4.69) is 5.32 Å². The Morgan fingerprint density at radius 2 is 1.63 bits per heavy atom. The topological polar surface area (TPSA) is 71.1 Å². The Balaban J connectivity index is 1.50. The van der Waals surface area contributed by atoms with Crippen LogP contribution in [0.15, 0.2) is 30.3 Å². The maximum atomic E-state index is 13.3. The molecule has 3 aliphatic heterocycles. The monoisotopic (exact) mass is 373 g/mol. The molecule has 7 heteroatoms. The molecule has 1 unspecified atom stereocenters. The van der Waals surface area contributed by atoms with E-state index in [9.17, 15) is 9.59 Å². The molecule has 0 aromatic heterocycles. The summed E-state index contributed by atoms with van der Waals surface area (Å²) in [7, 11) is 0. The van der Waals surface area contributed by atoms with Crippen LogP contribution in [0.4, 0.5) is 10.5 Å². The molecule has 1 spiro atoms. The van der Waals surface area contributed by atoms with Crippen LogP contribution in [0.3, 0.4) is 0 Å². The zero-order valence-electron chi connectivity index (χ0n) is 15.6. The summed E-state index contributed by atoms with van der Waals surface area (Å²) in [6.07, 6.45) is 1.64. The van der Waals surface area contributed by atoms with Gasteiger partial charge in [-0.1, -0.05) is 18.2 Å². The molecular weight excluding hydrogens is 346 g/mol. The average Bonchev–Trinajstić information content (AvgIpc) is 3.08. The summed E-state index contributed by atoms with van der Waals surface area (Å²) in [5.41, 5.74) is 0.591. The van der Waals surface area contributed by atoms with Gasteiger partial charge in [-0.3, -0.25) is 4.79 Å². The number of morpholine rings is 1. The zero-order chi connectivity index (χ0) is 18.7. The van der Waals surface area contributed by atoms with Crippen molar-refractivity contribution in [3.63, 3.8) is 0 Å². The lowest BCUT2D eigenvalue weighted by atomic mass is 9.71. The zero-order valence-corrected chi connectivity index (χ0v) is 15.6. The van der Waals surface area contributed by atoms with Crippen LogP contribution in [0.25, 0.3) is 0 Å². The van der Waals surface area contributed by atoms with E-state index < -0.39 is 0 Å². The fourth-order valence-corrected chi connectivity index (χ4v) is 4.48. The SMILES string of the molecule is O=C(Nc1ccccc1)N1CC(C(=O)N2CCOCC2)C2(CCOCC2)C1.